The van der Waals surface area contributed by atoms with Gasteiger partial charge in [0.2, 0.25) is 5.91 Å². The molecule has 0 bridgehead atoms. The highest BCUT2D eigenvalue weighted by Gasteiger charge is 2.27. The first-order chi connectivity index (χ1) is 9.69. The molecule has 2 aliphatic rings. The molecule has 3 N–H and O–H groups in total. The molecule has 0 spiro atoms. The third kappa shape index (κ3) is 4.74. The third-order valence-electron chi connectivity index (χ3n) is 4.86. The van der Waals surface area contributed by atoms with Crippen LogP contribution in [0.5, 0.6) is 0 Å². The highest BCUT2D eigenvalue weighted by molar-refractivity contribution is 5.79. The normalized spacial score (nSPS) is 29.9. The number of likely N-dealkylation sites (tertiary alicyclic amines) is 1. The van der Waals surface area contributed by atoms with Gasteiger partial charge in [-0.2, -0.15) is 0 Å². The Morgan fingerprint density at radius 1 is 1.25 bits per heavy atom. The van der Waals surface area contributed by atoms with Gasteiger partial charge < -0.3 is 16.0 Å². The van der Waals surface area contributed by atoms with E-state index in [1.807, 2.05) is 0 Å². The lowest BCUT2D eigenvalue weighted by molar-refractivity contribution is -0.127. The summed E-state index contributed by atoms with van der Waals surface area (Å²) in [6.07, 6.45) is 8.35. The number of piperidine rings is 1. The second kappa shape index (κ2) is 7.99. The summed E-state index contributed by atoms with van der Waals surface area (Å²) in [4.78, 5) is 14.8. The molecule has 0 aromatic rings. The minimum absolute atomic E-state index is 0.195. The molecule has 1 aliphatic carbocycles. The van der Waals surface area contributed by atoms with Gasteiger partial charge in [-0.1, -0.05) is 12.8 Å². The monoisotopic (exact) mass is 281 g/mol. The van der Waals surface area contributed by atoms with E-state index in [4.69, 9.17) is 5.73 Å². The molecular weight excluding hydrogens is 250 g/mol. The van der Waals surface area contributed by atoms with Crippen LogP contribution in [0.3, 0.4) is 0 Å². The number of carbonyl (C=O) groups is 1. The fourth-order valence-corrected chi connectivity index (χ4v) is 3.68. The van der Waals surface area contributed by atoms with Crippen molar-refractivity contribution in [3.8, 4) is 0 Å². The highest BCUT2D eigenvalue weighted by atomic mass is 16.1. The molecule has 0 aromatic heterocycles. The van der Waals surface area contributed by atoms with Crippen molar-refractivity contribution in [2.75, 3.05) is 26.2 Å². The van der Waals surface area contributed by atoms with Crippen molar-refractivity contribution in [3.63, 3.8) is 0 Å². The maximum absolute atomic E-state index is 12.3. The van der Waals surface area contributed by atoms with Crippen molar-refractivity contribution in [2.45, 2.75) is 57.9 Å². The van der Waals surface area contributed by atoms with Crippen molar-refractivity contribution >= 4 is 5.91 Å². The average Bonchev–Trinajstić information content (AvgIpc) is 2.48. The molecule has 1 amide bonds. The van der Waals surface area contributed by atoms with E-state index in [1.165, 1.54) is 38.8 Å². The van der Waals surface area contributed by atoms with Crippen LogP contribution in [0.2, 0.25) is 0 Å². The summed E-state index contributed by atoms with van der Waals surface area (Å²) in [5.74, 6) is 1.01. The summed E-state index contributed by atoms with van der Waals surface area (Å²) in [6.45, 7) is 6.25. The predicted octanol–water partition coefficient (Wildman–Crippen LogP) is 1.74. The van der Waals surface area contributed by atoms with Crippen LogP contribution in [-0.2, 0) is 4.79 Å². The maximum atomic E-state index is 12.3. The number of nitrogens with zero attached hydrogens (tertiary/aromatic N) is 1. The Hall–Kier alpha value is -0.610. The molecule has 2 fully saturated rings. The summed E-state index contributed by atoms with van der Waals surface area (Å²) in [5.41, 5.74) is 5.75. The molecule has 4 heteroatoms. The summed E-state index contributed by atoms with van der Waals surface area (Å²) in [7, 11) is 0. The number of amides is 1. The van der Waals surface area contributed by atoms with Gasteiger partial charge in [-0.05, 0) is 64.6 Å². The SMILES string of the molecule is CC(CN1CCCCC1)NC(=O)C1CCCC(CN)C1. The van der Waals surface area contributed by atoms with Crippen molar-refractivity contribution in [1.82, 2.24) is 10.2 Å². The minimum Gasteiger partial charge on any atom is -0.352 e. The average molecular weight is 281 g/mol. The zero-order valence-corrected chi connectivity index (χ0v) is 12.9. The molecule has 20 heavy (non-hydrogen) atoms. The van der Waals surface area contributed by atoms with Crippen LogP contribution >= 0.6 is 0 Å². The van der Waals surface area contributed by atoms with Crippen LogP contribution in [0.25, 0.3) is 0 Å². The summed E-state index contributed by atoms with van der Waals surface area (Å²) in [5, 5.41) is 3.22. The number of nitrogens with two attached hydrogens (primary N) is 1. The molecule has 1 aliphatic heterocycles. The highest BCUT2D eigenvalue weighted by Crippen LogP contribution is 2.28. The Morgan fingerprint density at radius 2 is 2.00 bits per heavy atom. The molecule has 3 unspecified atom stereocenters. The second-order valence-corrected chi connectivity index (χ2v) is 6.74. The van der Waals surface area contributed by atoms with E-state index in [-0.39, 0.29) is 17.9 Å². The van der Waals surface area contributed by atoms with Gasteiger partial charge in [0.05, 0.1) is 0 Å². The molecule has 1 heterocycles. The fourth-order valence-electron chi connectivity index (χ4n) is 3.68. The largest absolute Gasteiger partial charge is 0.352 e. The van der Waals surface area contributed by atoms with Crippen LogP contribution in [0.1, 0.15) is 51.9 Å². The lowest BCUT2D eigenvalue weighted by Crippen LogP contribution is -2.46. The predicted molar refractivity (Wildman–Crippen MR) is 82.4 cm³/mol. The topological polar surface area (TPSA) is 58.4 Å². The van der Waals surface area contributed by atoms with E-state index in [0.717, 1.165) is 32.4 Å². The van der Waals surface area contributed by atoms with E-state index in [9.17, 15) is 4.79 Å². The van der Waals surface area contributed by atoms with Crippen LogP contribution < -0.4 is 11.1 Å². The quantitative estimate of drug-likeness (QED) is 0.807. The number of rotatable bonds is 5. The third-order valence-corrected chi connectivity index (χ3v) is 4.86. The van der Waals surface area contributed by atoms with Crippen LogP contribution in [-0.4, -0.2) is 43.0 Å². The molecule has 1 saturated heterocycles. The molecular formula is C16H31N3O. The van der Waals surface area contributed by atoms with E-state index in [1.54, 1.807) is 0 Å². The van der Waals surface area contributed by atoms with E-state index >= 15 is 0 Å². The standard InChI is InChI=1S/C16H31N3O/c1-13(12-19-8-3-2-4-9-19)18-16(20)15-7-5-6-14(10-15)11-17/h13-15H,2-12,17H2,1H3,(H,18,20). The summed E-state index contributed by atoms with van der Waals surface area (Å²) < 4.78 is 0. The van der Waals surface area contributed by atoms with Gasteiger partial charge in [-0.3, -0.25) is 4.79 Å². The first-order valence-electron chi connectivity index (χ1n) is 8.42. The Kier molecular flexibility index (Phi) is 6.30. The van der Waals surface area contributed by atoms with E-state index in [0.29, 0.717) is 5.92 Å². The molecule has 0 radical (unpaired) electrons. The Morgan fingerprint density at radius 3 is 2.70 bits per heavy atom. The minimum atomic E-state index is 0.195. The summed E-state index contributed by atoms with van der Waals surface area (Å²) >= 11 is 0. The van der Waals surface area contributed by atoms with Crippen LogP contribution in [0.15, 0.2) is 0 Å². The van der Waals surface area contributed by atoms with Crippen LogP contribution in [0, 0.1) is 11.8 Å². The number of nitrogens with one attached hydrogen (secondary N) is 1. The van der Waals surface area contributed by atoms with Crippen molar-refractivity contribution in [1.29, 1.82) is 0 Å². The van der Waals surface area contributed by atoms with Gasteiger partial charge >= 0.3 is 0 Å². The summed E-state index contributed by atoms with van der Waals surface area (Å²) in [6, 6.07) is 0.263. The molecule has 1 saturated carbocycles. The van der Waals surface area contributed by atoms with E-state index in [2.05, 4.69) is 17.1 Å². The molecule has 4 nitrogen and oxygen atoms in total. The first-order valence-corrected chi connectivity index (χ1v) is 8.42. The van der Waals surface area contributed by atoms with Crippen molar-refractivity contribution in [2.24, 2.45) is 17.6 Å². The number of hydrogen-bond acceptors (Lipinski definition) is 3. The Balaban J connectivity index is 1.72. The Labute approximate surface area is 123 Å². The van der Waals surface area contributed by atoms with Gasteiger partial charge in [0, 0.05) is 18.5 Å². The van der Waals surface area contributed by atoms with Crippen molar-refractivity contribution < 1.29 is 4.79 Å². The molecule has 116 valence electrons. The Bertz CT molecular complexity index is 302. The smallest absolute Gasteiger partial charge is 0.223 e. The first kappa shape index (κ1) is 15.8. The lowest BCUT2D eigenvalue weighted by Gasteiger charge is -2.31. The van der Waals surface area contributed by atoms with Crippen molar-refractivity contribution in [3.05, 3.63) is 0 Å². The van der Waals surface area contributed by atoms with Crippen LogP contribution in [0.4, 0.5) is 0 Å². The van der Waals surface area contributed by atoms with Gasteiger partial charge in [-0.15, -0.1) is 0 Å². The molecule has 3 atom stereocenters. The maximum Gasteiger partial charge on any atom is 0.223 e. The van der Waals surface area contributed by atoms with Gasteiger partial charge in [0.25, 0.3) is 0 Å². The van der Waals surface area contributed by atoms with E-state index < -0.39 is 0 Å². The lowest BCUT2D eigenvalue weighted by atomic mass is 9.81. The zero-order valence-electron chi connectivity index (χ0n) is 12.9. The van der Waals surface area contributed by atoms with Gasteiger partial charge in [0.15, 0.2) is 0 Å². The zero-order chi connectivity index (χ0) is 14.4. The fraction of sp³-hybridized carbons (Fsp3) is 0.938. The van der Waals surface area contributed by atoms with Gasteiger partial charge in [-0.25, -0.2) is 0 Å². The molecule has 0 aromatic carbocycles. The number of hydrogen-bond donors (Lipinski definition) is 2. The van der Waals surface area contributed by atoms with Gasteiger partial charge in [0.1, 0.15) is 0 Å². The number of carbonyl (C=O) groups excluding carboxylic acids is 1. The second-order valence-electron chi connectivity index (χ2n) is 6.74. The molecule has 2 rings (SSSR count).